The number of methoxy groups -OCH3 is 1. The molecule has 1 saturated heterocycles. The average molecular weight is 395 g/mol. The maximum Gasteiger partial charge on any atom is 0.248 e. The van der Waals surface area contributed by atoms with Gasteiger partial charge in [-0.25, -0.2) is 0 Å². The molecule has 1 amide bonds. The van der Waals surface area contributed by atoms with Crippen LogP contribution in [0.1, 0.15) is 38.7 Å². The van der Waals surface area contributed by atoms with E-state index in [1.54, 1.807) is 13.2 Å². The van der Waals surface area contributed by atoms with Gasteiger partial charge >= 0.3 is 0 Å². The monoisotopic (exact) mass is 394 g/mol. The molecule has 0 bridgehead atoms. The van der Waals surface area contributed by atoms with Crippen LogP contribution in [0.25, 0.3) is 6.08 Å². The zero-order valence-corrected chi connectivity index (χ0v) is 17.5. The molecule has 5 heteroatoms. The number of nitrogens with one attached hydrogen (secondary N) is 1. The number of rotatable bonds is 7. The summed E-state index contributed by atoms with van der Waals surface area (Å²) in [6, 6.07) is 13.7. The van der Waals surface area contributed by atoms with E-state index < -0.39 is 0 Å². The van der Waals surface area contributed by atoms with Gasteiger partial charge in [0.2, 0.25) is 5.91 Å². The highest BCUT2D eigenvalue weighted by atomic mass is 16.5. The van der Waals surface area contributed by atoms with Crippen molar-refractivity contribution in [1.29, 1.82) is 0 Å². The standard InChI is InChI=1S/C24H30N2O3/c1-18(2)29-22-13-7-19(17-23(22)28-3)8-14-24(27)25-20-9-11-21(12-10-20)26-15-5-4-6-16-26/h7-14,17-18H,4-6,15-16H2,1-3H3,(H,25,27). The van der Waals surface area contributed by atoms with Crippen LogP contribution >= 0.6 is 0 Å². The quantitative estimate of drug-likeness (QED) is 0.662. The normalized spacial score (nSPS) is 14.3. The molecule has 3 rings (SSSR count). The van der Waals surface area contributed by atoms with E-state index in [4.69, 9.17) is 9.47 Å². The lowest BCUT2D eigenvalue weighted by Gasteiger charge is -2.28. The van der Waals surface area contributed by atoms with Gasteiger partial charge in [0.05, 0.1) is 13.2 Å². The van der Waals surface area contributed by atoms with Crippen molar-refractivity contribution in [3.05, 3.63) is 54.1 Å². The molecule has 0 spiro atoms. The molecule has 1 aliphatic heterocycles. The predicted octanol–water partition coefficient (Wildman–Crippen LogP) is 5.12. The Morgan fingerprint density at radius 3 is 2.41 bits per heavy atom. The second kappa shape index (κ2) is 10.0. The number of nitrogens with zero attached hydrogens (tertiary/aromatic N) is 1. The molecule has 1 fully saturated rings. The van der Waals surface area contributed by atoms with Crippen LogP contribution in [-0.2, 0) is 4.79 Å². The molecule has 1 heterocycles. The summed E-state index contributed by atoms with van der Waals surface area (Å²) in [5, 5.41) is 2.91. The first-order valence-corrected chi connectivity index (χ1v) is 10.2. The third-order valence-electron chi connectivity index (χ3n) is 4.83. The highest BCUT2D eigenvalue weighted by Crippen LogP contribution is 2.29. The number of anilines is 2. The number of carbonyl (C=O) groups is 1. The first-order chi connectivity index (χ1) is 14.0. The summed E-state index contributed by atoms with van der Waals surface area (Å²) in [6.07, 6.45) is 7.17. The summed E-state index contributed by atoms with van der Waals surface area (Å²) in [5.74, 6) is 1.17. The fourth-order valence-electron chi connectivity index (χ4n) is 3.40. The molecule has 29 heavy (non-hydrogen) atoms. The van der Waals surface area contributed by atoms with Crippen LogP contribution in [0.5, 0.6) is 11.5 Å². The number of hydrogen-bond acceptors (Lipinski definition) is 4. The molecule has 0 atom stereocenters. The number of piperidine rings is 1. The average Bonchev–Trinajstić information content (AvgIpc) is 2.74. The summed E-state index contributed by atoms with van der Waals surface area (Å²) in [5.41, 5.74) is 2.88. The minimum absolute atomic E-state index is 0.0670. The smallest absolute Gasteiger partial charge is 0.248 e. The molecule has 0 saturated carbocycles. The van der Waals surface area contributed by atoms with E-state index in [-0.39, 0.29) is 12.0 Å². The third-order valence-corrected chi connectivity index (χ3v) is 4.83. The highest BCUT2D eigenvalue weighted by Gasteiger charge is 2.11. The van der Waals surface area contributed by atoms with Crippen LogP contribution in [0, 0.1) is 0 Å². The lowest BCUT2D eigenvalue weighted by atomic mass is 10.1. The number of hydrogen-bond donors (Lipinski definition) is 1. The first kappa shape index (κ1) is 20.8. The molecule has 154 valence electrons. The van der Waals surface area contributed by atoms with E-state index in [2.05, 4.69) is 22.3 Å². The third kappa shape index (κ3) is 6.01. The van der Waals surface area contributed by atoms with Crippen molar-refractivity contribution in [2.45, 2.75) is 39.2 Å². The van der Waals surface area contributed by atoms with E-state index >= 15 is 0 Å². The maximum atomic E-state index is 12.3. The Hall–Kier alpha value is -2.95. The van der Waals surface area contributed by atoms with Gasteiger partial charge in [0, 0.05) is 30.5 Å². The second-order valence-electron chi connectivity index (χ2n) is 7.49. The van der Waals surface area contributed by atoms with Gasteiger partial charge in [0.15, 0.2) is 11.5 Å². The van der Waals surface area contributed by atoms with Gasteiger partial charge in [-0.1, -0.05) is 6.07 Å². The molecule has 1 aliphatic rings. The molecule has 1 N–H and O–H groups in total. The van der Waals surface area contributed by atoms with Crippen LogP contribution in [0.2, 0.25) is 0 Å². The van der Waals surface area contributed by atoms with Gasteiger partial charge in [-0.3, -0.25) is 4.79 Å². The molecule has 0 radical (unpaired) electrons. The van der Waals surface area contributed by atoms with Gasteiger partial charge in [0.1, 0.15) is 0 Å². The van der Waals surface area contributed by atoms with Crippen molar-refractivity contribution in [2.24, 2.45) is 0 Å². The zero-order valence-electron chi connectivity index (χ0n) is 17.5. The number of ether oxygens (including phenoxy) is 2. The van der Waals surface area contributed by atoms with Crippen LogP contribution in [0.4, 0.5) is 11.4 Å². The molecule has 2 aromatic carbocycles. The Bertz CT molecular complexity index is 838. The van der Waals surface area contributed by atoms with Crippen LogP contribution in [0.15, 0.2) is 48.5 Å². The van der Waals surface area contributed by atoms with Crippen molar-refractivity contribution in [2.75, 3.05) is 30.4 Å². The number of carbonyl (C=O) groups excluding carboxylic acids is 1. The number of benzene rings is 2. The van der Waals surface area contributed by atoms with Crippen molar-refractivity contribution in [1.82, 2.24) is 0 Å². The second-order valence-corrected chi connectivity index (χ2v) is 7.49. The van der Waals surface area contributed by atoms with E-state index in [9.17, 15) is 4.79 Å². The molecular weight excluding hydrogens is 364 g/mol. The first-order valence-electron chi connectivity index (χ1n) is 10.2. The summed E-state index contributed by atoms with van der Waals surface area (Å²) in [4.78, 5) is 14.7. The lowest BCUT2D eigenvalue weighted by Crippen LogP contribution is -2.29. The summed E-state index contributed by atoms with van der Waals surface area (Å²) >= 11 is 0. The molecular formula is C24H30N2O3. The maximum absolute atomic E-state index is 12.3. The van der Waals surface area contributed by atoms with Crippen LogP contribution in [0.3, 0.4) is 0 Å². The minimum atomic E-state index is -0.169. The van der Waals surface area contributed by atoms with E-state index in [1.165, 1.54) is 31.0 Å². The Morgan fingerprint density at radius 2 is 1.76 bits per heavy atom. The molecule has 0 aliphatic carbocycles. The Kier molecular flexibility index (Phi) is 7.17. The van der Waals surface area contributed by atoms with Crippen LogP contribution in [-0.4, -0.2) is 32.2 Å². The van der Waals surface area contributed by atoms with Crippen molar-refractivity contribution in [3.63, 3.8) is 0 Å². The van der Waals surface area contributed by atoms with Crippen LogP contribution < -0.4 is 19.7 Å². The fourth-order valence-corrected chi connectivity index (χ4v) is 3.40. The molecule has 0 aromatic heterocycles. The highest BCUT2D eigenvalue weighted by molar-refractivity contribution is 6.02. The summed E-state index contributed by atoms with van der Waals surface area (Å²) in [6.45, 7) is 6.16. The largest absolute Gasteiger partial charge is 0.493 e. The Balaban J connectivity index is 1.59. The Morgan fingerprint density at radius 1 is 1.03 bits per heavy atom. The van der Waals surface area contributed by atoms with Gasteiger partial charge in [-0.15, -0.1) is 0 Å². The van der Waals surface area contributed by atoms with Gasteiger partial charge in [-0.2, -0.15) is 0 Å². The van der Waals surface area contributed by atoms with E-state index in [0.29, 0.717) is 11.5 Å². The topological polar surface area (TPSA) is 50.8 Å². The molecule has 5 nitrogen and oxygen atoms in total. The van der Waals surface area contributed by atoms with E-state index in [1.807, 2.05) is 44.2 Å². The SMILES string of the molecule is COc1cc(C=CC(=O)Nc2ccc(N3CCCCC3)cc2)ccc1OC(C)C. The van der Waals surface area contributed by atoms with Gasteiger partial charge in [-0.05, 0) is 81.1 Å². The van der Waals surface area contributed by atoms with Crippen molar-refractivity contribution < 1.29 is 14.3 Å². The summed E-state index contributed by atoms with van der Waals surface area (Å²) in [7, 11) is 1.61. The minimum Gasteiger partial charge on any atom is -0.493 e. The fraction of sp³-hybridized carbons (Fsp3) is 0.375. The van der Waals surface area contributed by atoms with Crippen molar-refractivity contribution >= 4 is 23.4 Å². The molecule has 2 aromatic rings. The summed E-state index contributed by atoms with van der Waals surface area (Å²) < 4.78 is 11.1. The van der Waals surface area contributed by atoms with Gasteiger partial charge in [0.25, 0.3) is 0 Å². The molecule has 0 unspecified atom stereocenters. The van der Waals surface area contributed by atoms with E-state index in [0.717, 1.165) is 24.3 Å². The Labute approximate surface area is 173 Å². The zero-order chi connectivity index (χ0) is 20.6. The van der Waals surface area contributed by atoms with Gasteiger partial charge < -0.3 is 19.7 Å². The number of amides is 1. The van der Waals surface area contributed by atoms with Crippen molar-refractivity contribution in [3.8, 4) is 11.5 Å². The lowest BCUT2D eigenvalue weighted by molar-refractivity contribution is -0.111. The predicted molar refractivity (Wildman–Crippen MR) is 119 cm³/mol.